The maximum atomic E-state index is 12.4. The highest BCUT2D eigenvalue weighted by Gasteiger charge is 2.18. The fourth-order valence-electron chi connectivity index (χ4n) is 8.34. The zero-order valence-electron chi connectivity index (χ0n) is 43.7. The van der Waals surface area contributed by atoms with Crippen molar-refractivity contribution < 1.29 is 24.5 Å². The quantitative estimate of drug-likeness (QED) is 0.0321. The van der Waals surface area contributed by atoms with Crippen LogP contribution in [0.1, 0.15) is 284 Å². The topological polar surface area (TPSA) is 95.9 Å². The summed E-state index contributed by atoms with van der Waals surface area (Å²) in [5.74, 6) is -0.0896. The van der Waals surface area contributed by atoms with Crippen LogP contribution in [0.3, 0.4) is 0 Å². The molecule has 0 saturated carbocycles. The van der Waals surface area contributed by atoms with E-state index in [-0.39, 0.29) is 18.5 Å². The molecule has 6 nitrogen and oxygen atoms in total. The first-order chi connectivity index (χ1) is 32.5. The fraction of sp³-hybridized carbons (Fsp3) is 0.800. The molecule has 0 aliphatic heterocycles. The summed E-state index contributed by atoms with van der Waals surface area (Å²) in [5, 5.41) is 23.0. The van der Waals surface area contributed by atoms with Gasteiger partial charge in [0.25, 0.3) is 0 Å². The number of allylic oxidation sites excluding steroid dienone is 9. The van der Waals surface area contributed by atoms with Crippen molar-refractivity contribution in [1.29, 1.82) is 0 Å². The van der Waals surface area contributed by atoms with Crippen molar-refractivity contribution >= 4 is 11.9 Å². The molecular formula is C60H109NO5. The minimum absolute atomic E-state index is 0.00851. The molecule has 0 aromatic heterocycles. The van der Waals surface area contributed by atoms with Crippen LogP contribution in [0.5, 0.6) is 0 Å². The molecule has 0 heterocycles. The van der Waals surface area contributed by atoms with Gasteiger partial charge in [-0.1, -0.05) is 235 Å². The van der Waals surface area contributed by atoms with Crippen molar-refractivity contribution in [2.24, 2.45) is 0 Å². The summed E-state index contributed by atoms with van der Waals surface area (Å²) in [7, 11) is 0. The largest absolute Gasteiger partial charge is 0.466 e. The molecule has 66 heavy (non-hydrogen) atoms. The van der Waals surface area contributed by atoms with Crippen molar-refractivity contribution in [2.45, 2.75) is 296 Å². The van der Waals surface area contributed by atoms with E-state index in [1.54, 1.807) is 6.08 Å². The highest BCUT2D eigenvalue weighted by Crippen LogP contribution is 2.15. The predicted octanol–water partition coefficient (Wildman–Crippen LogP) is 17.6. The summed E-state index contributed by atoms with van der Waals surface area (Å²) in [6.45, 7) is 4.84. The zero-order chi connectivity index (χ0) is 47.9. The number of rotatable bonds is 52. The first-order valence-electron chi connectivity index (χ1n) is 28.6. The van der Waals surface area contributed by atoms with E-state index < -0.39 is 12.1 Å². The van der Waals surface area contributed by atoms with Gasteiger partial charge in [0.1, 0.15) is 0 Å². The number of carbonyl (C=O) groups excluding carboxylic acids is 2. The Labute approximate surface area is 409 Å². The average molecular weight is 925 g/mol. The van der Waals surface area contributed by atoms with Crippen LogP contribution in [0.15, 0.2) is 60.8 Å². The van der Waals surface area contributed by atoms with Gasteiger partial charge in [-0.05, 0) is 96.3 Å². The first kappa shape index (κ1) is 63.6. The molecule has 0 radical (unpaired) electrons. The van der Waals surface area contributed by atoms with Crippen molar-refractivity contribution in [2.75, 3.05) is 13.2 Å². The number of ether oxygens (including phenoxy) is 1. The smallest absolute Gasteiger partial charge is 0.305 e. The molecule has 2 atom stereocenters. The van der Waals surface area contributed by atoms with Crippen LogP contribution >= 0.6 is 0 Å². The van der Waals surface area contributed by atoms with Crippen LogP contribution < -0.4 is 5.32 Å². The van der Waals surface area contributed by atoms with Crippen LogP contribution in [0.2, 0.25) is 0 Å². The van der Waals surface area contributed by atoms with E-state index in [0.717, 1.165) is 70.6 Å². The van der Waals surface area contributed by atoms with Gasteiger partial charge in [0.05, 0.1) is 25.4 Å². The van der Waals surface area contributed by atoms with Gasteiger partial charge in [-0.25, -0.2) is 0 Å². The molecule has 0 bridgehead atoms. The lowest BCUT2D eigenvalue weighted by molar-refractivity contribution is -0.143. The third-order valence-corrected chi connectivity index (χ3v) is 12.8. The van der Waals surface area contributed by atoms with E-state index in [1.165, 1.54) is 186 Å². The second kappa shape index (κ2) is 55.2. The van der Waals surface area contributed by atoms with E-state index in [4.69, 9.17) is 4.74 Å². The number of aliphatic hydroxyl groups is 2. The van der Waals surface area contributed by atoms with Gasteiger partial charge >= 0.3 is 5.97 Å². The lowest BCUT2D eigenvalue weighted by Crippen LogP contribution is -2.45. The Balaban J connectivity index is 3.47. The Kier molecular flexibility index (Phi) is 53.1. The van der Waals surface area contributed by atoms with E-state index in [1.807, 2.05) is 6.08 Å². The molecule has 0 rings (SSSR count). The maximum absolute atomic E-state index is 12.4. The van der Waals surface area contributed by atoms with Crippen molar-refractivity contribution in [1.82, 2.24) is 5.32 Å². The van der Waals surface area contributed by atoms with Crippen molar-refractivity contribution in [3.05, 3.63) is 60.8 Å². The number of esters is 1. The third kappa shape index (κ3) is 51.0. The summed E-state index contributed by atoms with van der Waals surface area (Å²) >= 11 is 0. The third-order valence-electron chi connectivity index (χ3n) is 12.8. The Hall–Kier alpha value is -2.44. The minimum Gasteiger partial charge on any atom is -0.466 e. The fourth-order valence-corrected chi connectivity index (χ4v) is 8.34. The number of unbranched alkanes of at least 4 members (excludes halogenated alkanes) is 33. The van der Waals surface area contributed by atoms with Gasteiger partial charge in [0.15, 0.2) is 0 Å². The molecule has 384 valence electrons. The summed E-state index contributed by atoms with van der Waals surface area (Å²) < 4.78 is 5.47. The van der Waals surface area contributed by atoms with E-state index >= 15 is 0 Å². The lowest BCUT2D eigenvalue weighted by atomic mass is 10.1. The Morgan fingerprint density at radius 2 is 0.758 bits per heavy atom. The van der Waals surface area contributed by atoms with Gasteiger partial charge < -0.3 is 20.3 Å². The van der Waals surface area contributed by atoms with Crippen molar-refractivity contribution in [3.8, 4) is 0 Å². The number of hydrogen-bond acceptors (Lipinski definition) is 5. The van der Waals surface area contributed by atoms with Crippen LogP contribution in [0.4, 0.5) is 0 Å². The van der Waals surface area contributed by atoms with E-state index in [0.29, 0.717) is 19.4 Å². The number of hydrogen-bond donors (Lipinski definition) is 3. The van der Waals surface area contributed by atoms with Gasteiger partial charge in [0.2, 0.25) is 5.91 Å². The second-order valence-electron chi connectivity index (χ2n) is 19.3. The summed E-state index contributed by atoms with van der Waals surface area (Å²) in [6, 6.07) is -0.635. The lowest BCUT2D eigenvalue weighted by Gasteiger charge is -2.20. The first-order valence-corrected chi connectivity index (χ1v) is 28.6. The molecule has 2 unspecified atom stereocenters. The summed E-state index contributed by atoms with van der Waals surface area (Å²) in [6.07, 6.45) is 71.0. The number of aliphatic hydroxyl groups excluding tert-OH is 2. The van der Waals surface area contributed by atoms with Crippen LogP contribution in [0.25, 0.3) is 0 Å². The minimum atomic E-state index is -0.851. The van der Waals surface area contributed by atoms with Gasteiger partial charge in [0, 0.05) is 12.8 Å². The SMILES string of the molecule is CCCCC/C=C\C/C=C\CCCCCCCC(=O)OCCCCCCCCCCC/C=C\C/C=C\CCCCCCCCCC(=O)NC(CO)C(O)/C=C/CCCCCCCCCCC. The zero-order valence-corrected chi connectivity index (χ0v) is 43.7. The van der Waals surface area contributed by atoms with E-state index in [9.17, 15) is 19.8 Å². The van der Waals surface area contributed by atoms with Crippen LogP contribution in [-0.4, -0.2) is 47.4 Å². The molecule has 0 aliphatic rings. The van der Waals surface area contributed by atoms with Gasteiger partial charge in [-0.15, -0.1) is 0 Å². The standard InChI is InChI=1S/C60H109NO5/c1-3-5-7-9-11-13-15-16-26-30-34-38-42-46-50-54-60(65)66-55-51-47-43-39-35-31-28-25-23-21-19-17-18-20-22-24-27-29-33-37-41-45-49-53-59(64)61-57(56-62)58(63)52-48-44-40-36-32-14-12-10-8-6-4-2/h11,13,16-17,19-20,22,26,48,52,57-58,62-63H,3-10,12,14-15,18,21,23-25,27-47,49-51,53-56H2,1-2H3,(H,61,64)/b13-11-,19-17-,22-20-,26-16-,52-48+. The van der Waals surface area contributed by atoms with Crippen LogP contribution in [-0.2, 0) is 14.3 Å². The molecule has 6 heteroatoms. The van der Waals surface area contributed by atoms with Gasteiger partial charge in [-0.2, -0.15) is 0 Å². The molecule has 0 fully saturated rings. The molecular weight excluding hydrogens is 815 g/mol. The van der Waals surface area contributed by atoms with Gasteiger partial charge in [-0.3, -0.25) is 9.59 Å². The highest BCUT2D eigenvalue weighted by atomic mass is 16.5. The van der Waals surface area contributed by atoms with Crippen LogP contribution in [0, 0.1) is 0 Å². The molecule has 0 aromatic rings. The molecule has 0 saturated heterocycles. The molecule has 0 aliphatic carbocycles. The average Bonchev–Trinajstić information content (AvgIpc) is 3.32. The predicted molar refractivity (Wildman–Crippen MR) is 287 cm³/mol. The summed E-state index contributed by atoms with van der Waals surface area (Å²) in [4.78, 5) is 24.4. The highest BCUT2D eigenvalue weighted by molar-refractivity contribution is 5.76. The molecule has 3 N–H and O–H groups in total. The normalized spacial score (nSPS) is 13.1. The Bertz CT molecular complexity index is 1160. The molecule has 0 spiro atoms. The van der Waals surface area contributed by atoms with E-state index in [2.05, 4.69) is 67.8 Å². The monoisotopic (exact) mass is 924 g/mol. The van der Waals surface area contributed by atoms with Crippen molar-refractivity contribution in [3.63, 3.8) is 0 Å². The number of carbonyl (C=O) groups is 2. The number of nitrogens with one attached hydrogen (secondary N) is 1. The maximum Gasteiger partial charge on any atom is 0.305 e. The second-order valence-corrected chi connectivity index (χ2v) is 19.3. The Morgan fingerprint density at radius 1 is 0.424 bits per heavy atom. The molecule has 0 aromatic carbocycles. The molecule has 1 amide bonds. The summed E-state index contributed by atoms with van der Waals surface area (Å²) in [5.41, 5.74) is 0. The Morgan fingerprint density at radius 3 is 1.18 bits per heavy atom. The number of amides is 1.